The Hall–Kier alpha value is -2.24. The second kappa shape index (κ2) is 6.47. The minimum atomic E-state index is -0.428. The second-order valence-electron chi connectivity index (χ2n) is 4.67. The standard InChI is InChI=1S/C15H20N2O4/c1-5-17-7-6-12(16-21-10(2)18)11-8-14(19-3)15(20-4)9-13(11)17/h8-9H,5-7H2,1-4H3/b16-12+. The Labute approximate surface area is 124 Å². The van der Waals surface area contributed by atoms with Crippen molar-refractivity contribution in [3.05, 3.63) is 17.7 Å². The quantitative estimate of drug-likeness (QED) is 0.629. The van der Waals surface area contributed by atoms with Crippen LogP contribution in [-0.4, -0.2) is 39.0 Å². The molecule has 1 aliphatic rings. The minimum Gasteiger partial charge on any atom is -0.493 e. The molecule has 0 radical (unpaired) electrons. The summed E-state index contributed by atoms with van der Waals surface area (Å²) in [5, 5.41) is 3.97. The summed E-state index contributed by atoms with van der Waals surface area (Å²) in [6, 6.07) is 3.80. The number of oxime groups is 1. The van der Waals surface area contributed by atoms with Crippen LogP contribution in [0.4, 0.5) is 5.69 Å². The van der Waals surface area contributed by atoms with Crippen molar-refractivity contribution in [1.82, 2.24) is 0 Å². The third-order valence-electron chi connectivity index (χ3n) is 3.44. The summed E-state index contributed by atoms with van der Waals surface area (Å²) >= 11 is 0. The highest BCUT2D eigenvalue weighted by Crippen LogP contribution is 2.38. The van der Waals surface area contributed by atoms with Gasteiger partial charge >= 0.3 is 5.97 Å². The summed E-state index contributed by atoms with van der Waals surface area (Å²) in [7, 11) is 3.20. The third-order valence-corrected chi connectivity index (χ3v) is 3.44. The minimum absolute atomic E-state index is 0.428. The first-order valence-electron chi connectivity index (χ1n) is 6.86. The van der Waals surface area contributed by atoms with Gasteiger partial charge < -0.3 is 19.2 Å². The fourth-order valence-corrected chi connectivity index (χ4v) is 2.40. The van der Waals surface area contributed by atoms with Crippen molar-refractivity contribution in [3.63, 3.8) is 0 Å². The number of hydrogen-bond donors (Lipinski definition) is 0. The van der Waals surface area contributed by atoms with E-state index in [1.807, 2.05) is 12.1 Å². The summed E-state index contributed by atoms with van der Waals surface area (Å²) in [6.07, 6.45) is 0.712. The van der Waals surface area contributed by atoms with Crippen LogP contribution >= 0.6 is 0 Å². The molecule has 0 N–H and O–H groups in total. The lowest BCUT2D eigenvalue weighted by Gasteiger charge is -2.31. The predicted molar refractivity (Wildman–Crippen MR) is 80.4 cm³/mol. The molecule has 0 amide bonds. The van der Waals surface area contributed by atoms with Gasteiger partial charge in [-0.25, -0.2) is 4.79 Å². The maximum atomic E-state index is 11.0. The summed E-state index contributed by atoms with van der Waals surface area (Å²) in [6.45, 7) is 5.12. The van der Waals surface area contributed by atoms with E-state index < -0.39 is 5.97 Å². The van der Waals surface area contributed by atoms with Gasteiger partial charge in [0.2, 0.25) is 0 Å². The predicted octanol–water partition coefficient (Wildman–Crippen LogP) is 2.20. The SMILES string of the molecule is CCN1CC/C(=N\OC(C)=O)c2cc(OC)c(OC)cc21. The zero-order valence-corrected chi connectivity index (χ0v) is 12.8. The monoisotopic (exact) mass is 292 g/mol. The molecule has 0 aromatic heterocycles. The topological polar surface area (TPSA) is 60.4 Å². The Morgan fingerprint density at radius 3 is 2.52 bits per heavy atom. The summed E-state index contributed by atoms with van der Waals surface area (Å²) in [4.78, 5) is 18.0. The van der Waals surface area contributed by atoms with E-state index in [1.54, 1.807) is 14.2 Å². The molecular formula is C15H20N2O4. The molecule has 0 atom stereocenters. The summed E-state index contributed by atoms with van der Waals surface area (Å²) in [5.74, 6) is 0.871. The number of carbonyl (C=O) groups excluding carboxylic acids is 1. The van der Waals surface area contributed by atoms with Crippen LogP contribution in [0.3, 0.4) is 0 Å². The van der Waals surface area contributed by atoms with E-state index in [-0.39, 0.29) is 0 Å². The molecule has 0 bridgehead atoms. The van der Waals surface area contributed by atoms with Gasteiger partial charge in [0.1, 0.15) is 0 Å². The lowest BCUT2D eigenvalue weighted by molar-refractivity contribution is -0.140. The number of nitrogens with zero attached hydrogens (tertiary/aromatic N) is 2. The van der Waals surface area contributed by atoms with Crippen LogP contribution in [-0.2, 0) is 9.63 Å². The highest BCUT2D eigenvalue weighted by molar-refractivity contribution is 6.07. The Bertz CT molecular complexity index is 569. The van der Waals surface area contributed by atoms with Crippen LogP contribution in [0.5, 0.6) is 11.5 Å². The van der Waals surface area contributed by atoms with Crippen LogP contribution in [0.25, 0.3) is 0 Å². The number of benzene rings is 1. The van der Waals surface area contributed by atoms with Crippen molar-refractivity contribution in [2.24, 2.45) is 5.16 Å². The fraction of sp³-hybridized carbons (Fsp3) is 0.467. The van der Waals surface area contributed by atoms with Gasteiger partial charge in [0, 0.05) is 43.8 Å². The van der Waals surface area contributed by atoms with Gasteiger partial charge in [-0.15, -0.1) is 0 Å². The average molecular weight is 292 g/mol. The van der Waals surface area contributed by atoms with E-state index in [0.29, 0.717) is 17.9 Å². The molecule has 0 saturated heterocycles. The van der Waals surface area contributed by atoms with Crippen molar-refractivity contribution in [2.75, 3.05) is 32.2 Å². The zero-order chi connectivity index (χ0) is 15.4. The molecule has 21 heavy (non-hydrogen) atoms. The molecule has 0 aliphatic carbocycles. The molecule has 1 aromatic rings. The van der Waals surface area contributed by atoms with E-state index >= 15 is 0 Å². The molecular weight excluding hydrogens is 272 g/mol. The largest absolute Gasteiger partial charge is 0.493 e. The smallest absolute Gasteiger partial charge is 0.331 e. The number of carbonyl (C=O) groups is 1. The Kier molecular flexibility index (Phi) is 4.67. The Morgan fingerprint density at radius 1 is 1.29 bits per heavy atom. The Balaban J connectivity index is 2.51. The van der Waals surface area contributed by atoms with Crippen LogP contribution < -0.4 is 14.4 Å². The van der Waals surface area contributed by atoms with Gasteiger partial charge in [-0.1, -0.05) is 5.16 Å². The number of anilines is 1. The van der Waals surface area contributed by atoms with E-state index in [1.165, 1.54) is 6.92 Å². The van der Waals surface area contributed by atoms with Crippen LogP contribution in [0.1, 0.15) is 25.8 Å². The molecule has 0 spiro atoms. The highest BCUT2D eigenvalue weighted by atomic mass is 16.7. The number of fused-ring (bicyclic) bond motifs is 1. The molecule has 114 valence electrons. The van der Waals surface area contributed by atoms with Gasteiger partial charge in [0.25, 0.3) is 0 Å². The molecule has 0 unspecified atom stereocenters. The van der Waals surface area contributed by atoms with Crippen LogP contribution in [0.2, 0.25) is 0 Å². The molecule has 1 aliphatic heterocycles. The first kappa shape index (κ1) is 15.2. The maximum absolute atomic E-state index is 11.0. The summed E-state index contributed by atoms with van der Waals surface area (Å²) in [5.41, 5.74) is 2.65. The van der Waals surface area contributed by atoms with Crippen LogP contribution in [0.15, 0.2) is 17.3 Å². The van der Waals surface area contributed by atoms with E-state index in [2.05, 4.69) is 17.0 Å². The molecule has 1 aromatic carbocycles. The second-order valence-corrected chi connectivity index (χ2v) is 4.67. The molecule has 0 saturated carbocycles. The maximum Gasteiger partial charge on any atom is 0.331 e. The lowest BCUT2D eigenvalue weighted by Crippen LogP contribution is -2.32. The molecule has 1 heterocycles. The van der Waals surface area contributed by atoms with Crippen molar-refractivity contribution in [3.8, 4) is 11.5 Å². The van der Waals surface area contributed by atoms with Gasteiger partial charge in [-0.05, 0) is 13.0 Å². The normalized spacial score (nSPS) is 15.6. The van der Waals surface area contributed by atoms with Gasteiger partial charge in [0.15, 0.2) is 11.5 Å². The molecule has 0 fully saturated rings. The van der Waals surface area contributed by atoms with Crippen molar-refractivity contribution < 1.29 is 19.1 Å². The zero-order valence-electron chi connectivity index (χ0n) is 12.8. The summed E-state index contributed by atoms with van der Waals surface area (Å²) < 4.78 is 10.7. The molecule has 2 rings (SSSR count). The molecule has 6 nitrogen and oxygen atoms in total. The van der Waals surface area contributed by atoms with E-state index in [9.17, 15) is 4.79 Å². The first-order chi connectivity index (χ1) is 10.1. The number of ether oxygens (including phenoxy) is 2. The van der Waals surface area contributed by atoms with Crippen LogP contribution in [0, 0.1) is 0 Å². The van der Waals surface area contributed by atoms with Gasteiger partial charge in [0.05, 0.1) is 19.9 Å². The highest BCUT2D eigenvalue weighted by Gasteiger charge is 2.24. The average Bonchev–Trinajstić information content (AvgIpc) is 2.50. The van der Waals surface area contributed by atoms with Crippen molar-refractivity contribution in [2.45, 2.75) is 20.3 Å². The van der Waals surface area contributed by atoms with Gasteiger partial charge in [-0.2, -0.15) is 0 Å². The van der Waals surface area contributed by atoms with E-state index in [0.717, 1.165) is 30.1 Å². The number of hydrogen-bond acceptors (Lipinski definition) is 6. The van der Waals surface area contributed by atoms with E-state index in [4.69, 9.17) is 14.3 Å². The Morgan fingerprint density at radius 2 is 1.95 bits per heavy atom. The van der Waals surface area contributed by atoms with Gasteiger partial charge in [-0.3, -0.25) is 0 Å². The van der Waals surface area contributed by atoms with Crippen molar-refractivity contribution in [1.29, 1.82) is 0 Å². The number of methoxy groups -OCH3 is 2. The third kappa shape index (κ3) is 3.09. The number of rotatable bonds is 4. The fourth-order valence-electron chi connectivity index (χ4n) is 2.40. The first-order valence-corrected chi connectivity index (χ1v) is 6.86. The molecule has 6 heteroatoms. The van der Waals surface area contributed by atoms with Crippen molar-refractivity contribution >= 4 is 17.4 Å². The lowest BCUT2D eigenvalue weighted by atomic mass is 9.99.